The number of aryl methyl sites for hydroxylation is 1. The average Bonchev–Trinajstić information content (AvgIpc) is 2.70. The third kappa shape index (κ3) is 3.29. The van der Waals surface area contributed by atoms with E-state index in [1.807, 2.05) is 54.4 Å². The van der Waals surface area contributed by atoms with Gasteiger partial charge in [-0.25, -0.2) is 9.97 Å². The summed E-state index contributed by atoms with van der Waals surface area (Å²) >= 11 is 0. The Kier molecular flexibility index (Phi) is 4.61. The van der Waals surface area contributed by atoms with Crippen LogP contribution in [0.25, 0.3) is 11.0 Å². The van der Waals surface area contributed by atoms with Gasteiger partial charge in [-0.2, -0.15) is 0 Å². The van der Waals surface area contributed by atoms with Crippen molar-refractivity contribution < 1.29 is 4.79 Å². The Bertz CT molecular complexity index is 917. The molecule has 2 aromatic heterocycles. The van der Waals surface area contributed by atoms with Crippen LogP contribution in [0.3, 0.4) is 0 Å². The Morgan fingerprint density at radius 1 is 0.962 bits per heavy atom. The number of carbonyl (C=O) groups excluding carboxylic acids is 1. The number of carbonyl (C=O) groups is 1. The molecule has 0 atom stereocenters. The summed E-state index contributed by atoms with van der Waals surface area (Å²) in [6.07, 6.45) is 8.91. The highest BCUT2D eigenvalue weighted by Gasteiger charge is 2.29. The molecule has 1 aliphatic rings. The molecule has 3 aromatic rings. The number of rotatable bonds is 3. The third-order valence-electron chi connectivity index (χ3n) is 4.97. The van der Waals surface area contributed by atoms with E-state index in [0.29, 0.717) is 11.5 Å². The topological polar surface area (TPSA) is 59.0 Å². The fraction of sp³-hybridized carbons (Fsp3) is 0.333. The second-order valence-electron chi connectivity index (χ2n) is 6.90. The van der Waals surface area contributed by atoms with Gasteiger partial charge in [-0.1, -0.05) is 37.5 Å². The van der Waals surface area contributed by atoms with Gasteiger partial charge in [-0.15, -0.1) is 0 Å². The molecular weight excluding hydrogens is 324 g/mol. The van der Waals surface area contributed by atoms with E-state index in [-0.39, 0.29) is 11.9 Å². The molecule has 0 radical (unpaired) electrons. The van der Waals surface area contributed by atoms with E-state index in [1.165, 1.54) is 6.42 Å². The van der Waals surface area contributed by atoms with Gasteiger partial charge in [-0.3, -0.25) is 14.7 Å². The molecule has 132 valence electrons. The minimum Gasteiger partial charge on any atom is -0.288 e. The zero-order valence-electron chi connectivity index (χ0n) is 14.9. The molecule has 1 amide bonds. The van der Waals surface area contributed by atoms with E-state index < -0.39 is 0 Å². The van der Waals surface area contributed by atoms with E-state index in [1.54, 1.807) is 6.20 Å². The van der Waals surface area contributed by atoms with Crippen molar-refractivity contribution >= 4 is 22.8 Å². The SMILES string of the molecule is Cc1ccc(N(C(=O)c2cnc3ccccc3n2)C2CCCCC2)nc1. The van der Waals surface area contributed by atoms with E-state index in [4.69, 9.17) is 0 Å². The van der Waals surface area contributed by atoms with Crippen LogP contribution < -0.4 is 4.90 Å². The molecule has 0 N–H and O–H groups in total. The van der Waals surface area contributed by atoms with Gasteiger partial charge in [0.2, 0.25) is 0 Å². The molecule has 2 heterocycles. The number of benzene rings is 1. The van der Waals surface area contributed by atoms with Gasteiger partial charge in [0.05, 0.1) is 17.2 Å². The van der Waals surface area contributed by atoms with Gasteiger partial charge in [-0.05, 0) is 43.5 Å². The van der Waals surface area contributed by atoms with Crippen molar-refractivity contribution in [2.24, 2.45) is 0 Å². The van der Waals surface area contributed by atoms with Gasteiger partial charge >= 0.3 is 0 Å². The standard InChI is InChI=1S/C21H22N4O/c1-15-11-12-20(23-13-15)25(16-7-3-2-4-8-16)21(26)19-14-22-17-9-5-6-10-18(17)24-19/h5-6,9-14,16H,2-4,7-8H2,1H3. The first-order valence-electron chi connectivity index (χ1n) is 9.20. The van der Waals surface area contributed by atoms with E-state index in [2.05, 4.69) is 15.0 Å². The lowest BCUT2D eigenvalue weighted by Gasteiger charge is -2.33. The molecule has 1 fully saturated rings. The lowest BCUT2D eigenvalue weighted by Crippen LogP contribution is -2.42. The second-order valence-corrected chi connectivity index (χ2v) is 6.90. The minimum atomic E-state index is -0.119. The van der Waals surface area contributed by atoms with Crippen molar-refractivity contribution in [3.8, 4) is 0 Å². The van der Waals surface area contributed by atoms with Crippen LogP contribution in [0.2, 0.25) is 0 Å². The normalized spacial score (nSPS) is 15.1. The molecular formula is C21H22N4O. The summed E-state index contributed by atoms with van der Waals surface area (Å²) in [4.78, 5) is 28.7. The zero-order valence-corrected chi connectivity index (χ0v) is 14.9. The van der Waals surface area contributed by atoms with Crippen LogP contribution in [0.4, 0.5) is 5.82 Å². The maximum absolute atomic E-state index is 13.4. The van der Waals surface area contributed by atoms with Crippen molar-refractivity contribution in [1.82, 2.24) is 15.0 Å². The summed E-state index contributed by atoms with van der Waals surface area (Å²) in [7, 11) is 0. The van der Waals surface area contributed by atoms with Crippen LogP contribution in [-0.4, -0.2) is 26.9 Å². The molecule has 26 heavy (non-hydrogen) atoms. The monoisotopic (exact) mass is 346 g/mol. The van der Waals surface area contributed by atoms with E-state index in [9.17, 15) is 4.79 Å². The quantitative estimate of drug-likeness (QED) is 0.709. The van der Waals surface area contributed by atoms with Crippen molar-refractivity contribution in [2.45, 2.75) is 45.1 Å². The molecule has 1 aromatic carbocycles. The van der Waals surface area contributed by atoms with Crippen LogP contribution in [0.15, 0.2) is 48.8 Å². The zero-order chi connectivity index (χ0) is 17.9. The third-order valence-corrected chi connectivity index (χ3v) is 4.97. The first-order chi connectivity index (χ1) is 12.7. The van der Waals surface area contributed by atoms with Crippen LogP contribution in [-0.2, 0) is 0 Å². The van der Waals surface area contributed by atoms with Crippen LogP contribution in [0, 0.1) is 6.92 Å². The van der Waals surface area contributed by atoms with Gasteiger partial charge < -0.3 is 0 Å². The van der Waals surface area contributed by atoms with Crippen LogP contribution in [0.5, 0.6) is 0 Å². The summed E-state index contributed by atoms with van der Waals surface area (Å²) in [6.45, 7) is 2.00. The number of pyridine rings is 1. The molecule has 0 saturated heterocycles. The summed E-state index contributed by atoms with van der Waals surface area (Å²) in [5.74, 6) is 0.578. The summed E-state index contributed by atoms with van der Waals surface area (Å²) in [5.41, 5.74) is 2.98. The highest BCUT2D eigenvalue weighted by atomic mass is 16.2. The molecule has 4 rings (SSSR count). The molecule has 0 bridgehead atoms. The van der Waals surface area contributed by atoms with Crippen LogP contribution in [0.1, 0.15) is 48.2 Å². The number of nitrogens with zero attached hydrogens (tertiary/aromatic N) is 4. The molecule has 0 unspecified atom stereocenters. The number of amides is 1. The first-order valence-corrected chi connectivity index (χ1v) is 9.20. The molecule has 0 spiro atoms. The van der Waals surface area contributed by atoms with Gasteiger partial charge in [0.1, 0.15) is 11.5 Å². The van der Waals surface area contributed by atoms with Crippen molar-refractivity contribution in [2.75, 3.05) is 4.90 Å². The number of hydrogen-bond acceptors (Lipinski definition) is 4. The number of fused-ring (bicyclic) bond motifs is 1. The number of hydrogen-bond donors (Lipinski definition) is 0. The van der Waals surface area contributed by atoms with Crippen molar-refractivity contribution in [3.63, 3.8) is 0 Å². The largest absolute Gasteiger partial charge is 0.288 e. The summed E-state index contributed by atoms with van der Waals surface area (Å²) in [5, 5.41) is 0. The van der Waals surface area contributed by atoms with Crippen molar-refractivity contribution in [3.05, 3.63) is 60.0 Å². The minimum absolute atomic E-state index is 0.119. The van der Waals surface area contributed by atoms with Gasteiger partial charge in [0.15, 0.2) is 0 Å². The Labute approximate surface area is 153 Å². The Hall–Kier alpha value is -2.82. The van der Waals surface area contributed by atoms with E-state index >= 15 is 0 Å². The Morgan fingerprint density at radius 3 is 2.46 bits per heavy atom. The highest BCUT2D eigenvalue weighted by Crippen LogP contribution is 2.28. The summed E-state index contributed by atoms with van der Waals surface area (Å²) < 4.78 is 0. The number of aromatic nitrogens is 3. The first kappa shape index (κ1) is 16.6. The lowest BCUT2D eigenvalue weighted by atomic mass is 9.94. The van der Waals surface area contributed by atoms with Crippen LogP contribution >= 0.6 is 0 Å². The maximum atomic E-state index is 13.4. The molecule has 1 aliphatic carbocycles. The fourth-order valence-corrected chi connectivity index (χ4v) is 3.58. The predicted octanol–water partition coefficient (Wildman–Crippen LogP) is 4.31. The molecule has 0 aliphatic heterocycles. The second kappa shape index (κ2) is 7.20. The fourth-order valence-electron chi connectivity index (χ4n) is 3.58. The predicted molar refractivity (Wildman–Crippen MR) is 102 cm³/mol. The molecule has 5 heteroatoms. The van der Waals surface area contributed by atoms with Crippen molar-refractivity contribution in [1.29, 1.82) is 0 Å². The van der Waals surface area contributed by atoms with E-state index in [0.717, 1.165) is 42.3 Å². The Balaban J connectivity index is 1.73. The highest BCUT2D eigenvalue weighted by molar-refractivity contribution is 6.05. The van der Waals surface area contributed by atoms with Gasteiger partial charge in [0, 0.05) is 12.2 Å². The number of anilines is 1. The smallest absolute Gasteiger partial charge is 0.279 e. The lowest BCUT2D eigenvalue weighted by molar-refractivity contribution is 0.0964. The maximum Gasteiger partial charge on any atom is 0.279 e. The molecule has 1 saturated carbocycles. The number of para-hydroxylation sites is 2. The summed E-state index contributed by atoms with van der Waals surface area (Å²) in [6, 6.07) is 11.7. The Morgan fingerprint density at radius 2 is 1.73 bits per heavy atom. The molecule has 5 nitrogen and oxygen atoms in total. The van der Waals surface area contributed by atoms with Gasteiger partial charge in [0.25, 0.3) is 5.91 Å². The average molecular weight is 346 g/mol.